The Balaban J connectivity index is 2.38. The Kier molecular flexibility index (Phi) is 1.81. The summed E-state index contributed by atoms with van der Waals surface area (Å²) in [6.07, 6.45) is 1.76. The van der Waals surface area contributed by atoms with Crippen molar-refractivity contribution < 1.29 is 0 Å². The van der Waals surface area contributed by atoms with Gasteiger partial charge in [0.05, 0.1) is 17.4 Å². The van der Waals surface area contributed by atoms with Crippen molar-refractivity contribution >= 4 is 45.9 Å². The lowest BCUT2D eigenvalue weighted by Crippen LogP contribution is -2.04. The van der Waals surface area contributed by atoms with E-state index in [1.54, 1.807) is 6.33 Å². The number of nitrogens with zero attached hydrogens (tertiary/aromatic N) is 1. The van der Waals surface area contributed by atoms with E-state index in [1.165, 1.54) is 27.0 Å². The van der Waals surface area contributed by atoms with Crippen molar-refractivity contribution in [3.8, 4) is 0 Å². The van der Waals surface area contributed by atoms with E-state index in [0.29, 0.717) is 0 Å². The van der Waals surface area contributed by atoms with Crippen LogP contribution in [-0.2, 0) is 0 Å². The molecule has 84 valence electrons. The molecule has 3 aromatic carbocycles. The van der Waals surface area contributed by atoms with E-state index in [9.17, 15) is 0 Å². The first-order chi connectivity index (χ1) is 8.84. The molecule has 0 aliphatic carbocycles. The van der Waals surface area contributed by atoms with Crippen LogP contribution in [0.15, 0.2) is 48.8 Å². The van der Waals surface area contributed by atoms with E-state index < -0.39 is 0 Å². The third-order valence-corrected chi connectivity index (χ3v) is 3.61. The summed E-state index contributed by atoms with van der Waals surface area (Å²) in [5, 5.41) is 5.12. The lowest BCUT2D eigenvalue weighted by Gasteiger charge is -2.08. The second-order valence-electron chi connectivity index (χ2n) is 4.70. The van der Waals surface area contributed by atoms with Crippen LogP contribution in [0.3, 0.4) is 0 Å². The zero-order chi connectivity index (χ0) is 12.1. The van der Waals surface area contributed by atoms with Gasteiger partial charge >= 0.3 is 0 Å². The molecule has 0 unspecified atom stereocenters. The molecule has 0 aliphatic heterocycles. The highest BCUT2D eigenvalue weighted by Crippen LogP contribution is 2.27. The van der Waals surface area contributed by atoms with Crippen molar-refractivity contribution in [1.82, 2.24) is 9.97 Å². The maximum Gasteiger partial charge on any atom is 0.140 e. The molecule has 0 saturated carbocycles. The van der Waals surface area contributed by atoms with Gasteiger partial charge in [0.2, 0.25) is 0 Å². The normalized spacial score (nSPS) is 11.6. The Hall–Kier alpha value is -2.29. The van der Waals surface area contributed by atoms with Crippen molar-refractivity contribution in [1.29, 1.82) is 0 Å². The van der Waals surface area contributed by atoms with Gasteiger partial charge in [0.25, 0.3) is 0 Å². The molecule has 3 heteroatoms. The van der Waals surface area contributed by atoms with Crippen LogP contribution < -0.4 is 5.46 Å². The van der Waals surface area contributed by atoms with Crippen LogP contribution in [0.25, 0.3) is 32.6 Å². The summed E-state index contributed by atoms with van der Waals surface area (Å²) < 4.78 is 0. The van der Waals surface area contributed by atoms with Crippen LogP contribution >= 0.6 is 0 Å². The summed E-state index contributed by atoms with van der Waals surface area (Å²) in [5.41, 5.74) is 3.44. The van der Waals surface area contributed by atoms with Gasteiger partial charge in [-0.1, -0.05) is 41.9 Å². The Morgan fingerprint density at radius 3 is 2.83 bits per heavy atom. The molecular weight excluding hydrogens is 219 g/mol. The fourth-order valence-electron chi connectivity index (χ4n) is 2.81. The van der Waals surface area contributed by atoms with Crippen molar-refractivity contribution in [2.24, 2.45) is 0 Å². The first kappa shape index (κ1) is 9.72. The van der Waals surface area contributed by atoms with E-state index in [1.807, 2.05) is 0 Å². The van der Waals surface area contributed by atoms with Crippen molar-refractivity contribution in [3.63, 3.8) is 0 Å². The summed E-state index contributed by atoms with van der Waals surface area (Å²) in [6, 6.07) is 15.0. The zero-order valence-corrected chi connectivity index (χ0v) is 10.1. The fraction of sp³-hybridized carbons (Fsp3) is 0. The molecule has 0 bridgehead atoms. The number of hydrogen-bond donors (Lipinski definition) is 1. The largest absolute Gasteiger partial charge is 0.345 e. The summed E-state index contributed by atoms with van der Waals surface area (Å²) in [5.74, 6) is 0. The van der Waals surface area contributed by atoms with Crippen LogP contribution in [0, 0.1) is 0 Å². The van der Waals surface area contributed by atoms with Crippen molar-refractivity contribution in [3.05, 3.63) is 48.8 Å². The van der Waals surface area contributed by atoms with Crippen molar-refractivity contribution in [2.45, 2.75) is 0 Å². The Labute approximate surface area is 105 Å². The predicted molar refractivity (Wildman–Crippen MR) is 79.3 cm³/mol. The van der Waals surface area contributed by atoms with E-state index in [4.69, 9.17) is 0 Å². The molecule has 2 nitrogen and oxygen atoms in total. The second-order valence-corrected chi connectivity index (χ2v) is 4.70. The third-order valence-electron chi connectivity index (χ3n) is 3.61. The SMILES string of the molecule is Bc1cc2ccccc2c2ccc3[nH]cnc3c12. The summed E-state index contributed by atoms with van der Waals surface area (Å²) in [4.78, 5) is 7.63. The fourth-order valence-corrected chi connectivity index (χ4v) is 2.81. The van der Waals surface area contributed by atoms with Crippen LogP contribution in [0.4, 0.5) is 0 Å². The molecule has 4 aromatic rings. The number of hydrogen-bond acceptors (Lipinski definition) is 1. The van der Waals surface area contributed by atoms with Gasteiger partial charge in [0.1, 0.15) is 7.85 Å². The quantitative estimate of drug-likeness (QED) is 0.364. The van der Waals surface area contributed by atoms with Gasteiger partial charge in [-0.3, -0.25) is 0 Å². The number of H-pyrrole nitrogens is 1. The van der Waals surface area contributed by atoms with Crippen LogP contribution in [0.1, 0.15) is 0 Å². The highest BCUT2D eigenvalue weighted by molar-refractivity contribution is 6.43. The predicted octanol–water partition coefficient (Wildman–Crippen LogP) is 2.13. The molecular formula is C15H11BN2. The molecule has 0 amide bonds. The van der Waals surface area contributed by atoms with Gasteiger partial charge in [0, 0.05) is 5.39 Å². The lowest BCUT2D eigenvalue weighted by molar-refractivity contribution is 1.35. The van der Waals surface area contributed by atoms with Crippen LogP contribution in [0.5, 0.6) is 0 Å². The maximum atomic E-state index is 4.46. The number of benzene rings is 3. The molecule has 0 atom stereocenters. The highest BCUT2D eigenvalue weighted by Gasteiger charge is 2.08. The summed E-state index contributed by atoms with van der Waals surface area (Å²) in [7, 11) is 2.16. The number of nitrogens with one attached hydrogen (secondary N) is 1. The Morgan fingerprint density at radius 2 is 1.89 bits per heavy atom. The Morgan fingerprint density at radius 1 is 1.00 bits per heavy atom. The Bertz CT molecular complexity index is 893. The molecule has 0 spiro atoms. The van der Waals surface area contributed by atoms with Crippen LogP contribution in [0.2, 0.25) is 0 Å². The van der Waals surface area contributed by atoms with Crippen LogP contribution in [-0.4, -0.2) is 17.8 Å². The second kappa shape index (κ2) is 3.36. The number of aromatic amines is 1. The third kappa shape index (κ3) is 1.16. The minimum atomic E-state index is 1.07. The van der Waals surface area contributed by atoms with E-state index in [2.05, 4.69) is 60.3 Å². The molecule has 0 saturated heterocycles. The molecule has 4 rings (SSSR count). The number of fused-ring (bicyclic) bond motifs is 5. The first-order valence-electron chi connectivity index (χ1n) is 6.09. The molecule has 0 fully saturated rings. The molecule has 0 radical (unpaired) electrons. The van der Waals surface area contributed by atoms with Gasteiger partial charge < -0.3 is 4.98 Å². The topological polar surface area (TPSA) is 28.7 Å². The minimum Gasteiger partial charge on any atom is -0.345 e. The van der Waals surface area contributed by atoms with Crippen molar-refractivity contribution in [2.75, 3.05) is 0 Å². The van der Waals surface area contributed by atoms with Gasteiger partial charge in [0.15, 0.2) is 0 Å². The van der Waals surface area contributed by atoms with Gasteiger partial charge in [-0.15, -0.1) is 0 Å². The summed E-state index contributed by atoms with van der Waals surface area (Å²) in [6.45, 7) is 0. The molecule has 18 heavy (non-hydrogen) atoms. The molecule has 1 N–H and O–H groups in total. The lowest BCUT2D eigenvalue weighted by atomic mass is 9.86. The van der Waals surface area contributed by atoms with E-state index >= 15 is 0 Å². The molecule has 1 aromatic heterocycles. The number of rotatable bonds is 0. The number of imidazole rings is 1. The average Bonchev–Trinajstić information content (AvgIpc) is 2.86. The first-order valence-corrected chi connectivity index (χ1v) is 6.09. The average molecular weight is 230 g/mol. The zero-order valence-electron chi connectivity index (χ0n) is 10.1. The molecule has 0 aliphatic rings. The smallest absolute Gasteiger partial charge is 0.140 e. The van der Waals surface area contributed by atoms with Gasteiger partial charge in [-0.2, -0.15) is 0 Å². The van der Waals surface area contributed by atoms with Gasteiger partial charge in [-0.05, 0) is 22.2 Å². The summed E-state index contributed by atoms with van der Waals surface area (Å²) >= 11 is 0. The maximum absolute atomic E-state index is 4.46. The molecule has 1 heterocycles. The minimum absolute atomic E-state index is 1.07. The van der Waals surface area contributed by atoms with E-state index in [-0.39, 0.29) is 0 Å². The van der Waals surface area contributed by atoms with E-state index in [0.717, 1.165) is 11.0 Å². The standard InChI is InChI=1S/C15H11BN2/c16-12-7-9-3-1-2-4-10(9)11-5-6-13-15(14(11)12)18-8-17-13/h1-8H,16H2,(H,17,18). The van der Waals surface area contributed by atoms with Gasteiger partial charge in [-0.25, -0.2) is 4.98 Å². The monoisotopic (exact) mass is 230 g/mol. The number of aromatic nitrogens is 2. The highest BCUT2D eigenvalue weighted by atomic mass is 14.9.